The number of hydrogen-bond donors (Lipinski definition) is 0. The van der Waals surface area contributed by atoms with Gasteiger partial charge in [-0.3, -0.25) is 0 Å². The summed E-state index contributed by atoms with van der Waals surface area (Å²) in [7, 11) is 1.39. The lowest BCUT2D eigenvalue weighted by molar-refractivity contribution is 0.0511. The van der Waals surface area contributed by atoms with Gasteiger partial charge in [-0.05, 0) is 53.3 Å². The van der Waals surface area contributed by atoms with Crippen LogP contribution in [0.3, 0.4) is 0 Å². The number of aryl methyl sites for hydroxylation is 1. The first-order chi connectivity index (χ1) is 18.5. The maximum Gasteiger partial charge on any atom is 0.356 e. The van der Waals surface area contributed by atoms with Gasteiger partial charge in [0.05, 0.1) is 25.0 Å². The molecule has 0 spiro atoms. The summed E-state index contributed by atoms with van der Waals surface area (Å²) in [5.41, 5.74) is 6.45. The average Bonchev–Trinajstić information content (AvgIpc) is 3.30. The fourth-order valence-electron chi connectivity index (χ4n) is 4.54. The van der Waals surface area contributed by atoms with E-state index < -0.39 is 0 Å². The van der Waals surface area contributed by atoms with Gasteiger partial charge in [0.25, 0.3) is 0 Å². The van der Waals surface area contributed by atoms with Gasteiger partial charge in [0.2, 0.25) is 0 Å². The molecule has 6 heteroatoms. The number of nitrogens with zero attached hydrogens (tertiary/aromatic N) is 2. The van der Waals surface area contributed by atoms with E-state index in [2.05, 4.69) is 6.58 Å². The number of esters is 2. The molecule has 0 fully saturated rings. The summed E-state index contributed by atoms with van der Waals surface area (Å²) in [5, 5.41) is 0. The Bertz CT molecular complexity index is 1440. The molecule has 0 bridgehead atoms. The van der Waals surface area contributed by atoms with Crippen molar-refractivity contribution in [3.8, 4) is 22.3 Å². The van der Waals surface area contributed by atoms with Gasteiger partial charge in [0.1, 0.15) is 5.82 Å². The standard InChI is InChI=1S/C32H32N2O4/c1-5-11-29-33-28(6-2)30(32(36)38-7-3)34(29)21-22-14-16-24(17-15-22)27-20-25(23-12-9-8-10-13-23)18-19-26(27)31(35)37-4/h5,8-10,12-20H,1,6-7,11,21H2,2-4H3. The lowest BCUT2D eigenvalue weighted by Crippen LogP contribution is -2.16. The van der Waals surface area contributed by atoms with Crippen LogP contribution in [-0.2, 0) is 28.9 Å². The molecule has 0 aliphatic rings. The number of carbonyl (C=O) groups excluding carboxylic acids is 2. The molecule has 4 aromatic rings. The zero-order chi connectivity index (χ0) is 27.1. The minimum absolute atomic E-state index is 0.295. The topological polar surface area (TPSA) is 70.4 Å². The normalized spacial score (nSPS) is 10.7. The molecule has 3 aromatic carbocycles. The molecule has 4 rings (SSSR count). The van der Waals surface area contributed by atoms with Crippen molar-refractivity contribution in [3.63, 3.8) is 0 Å². The number of aromatic nitrogens is 2. The number of allylic oxidation sites excluding steroid dienone is 1. The summed E-state index contributed by atoms with van der Waals surface area (Å²) in [6.45, 7) is 8.37. The maximum atomic E-state index is 12.8. The molecular weight excluding hydrogens is 476 g/mol. The van der Waals surface area contributed by atoms with Crippen molar-refractivity contribution >= 4 is 11.9 Å². The van der Waals surface area contributed by atoms with Crippen LogP contribution in [0.4, 0.5) is 0 Å². The summed E-state index contributed by atoms with van der Waals surface area (Å²) in [5.74, 6) is 0.0130. The lowest BCUT2D eigenvalue weighted by atomic mass is 9.94. The number of carbonyl (C=O) groups is 2. The fourth-order valence-corrected chi connectivity index (χ4v) is 4.54. The Kier molecular flexibility index (Phi) is 8.54. The number of rotatable bonds is 10. The molecule has 38 heavy (non-hydrogen) atoms. The highest BCUT2D eigenvalue weighted by Crippen LogP contribution is 2.31. The van der Waals surface area contributed by atoms with E-state index in [0.717, 1.165) is 39.3 Å². The van der Waals surface area contributed by atoms with Crippen LogP contribution in [0.5, 0.6) is 0 Å². The molecule has 0 amide bonds. The third kappa shape index (κ3) is 5.59. The third-order valence-electron chi connectivity index (χ3n) is 6.39. The largest absolute Gasteiger partial charge is 0.465 e. The Labute approximate surface area is 223 Å². The maximum absolute atomic E-state index is 12.8. The van der Waals surface area contributed by atoms with E-state index in [0.29, 0.717) is 37.3 Å². The van der Waals surface area contributed by atoms with Crippen LogP contribution in [-0.4, -0.2) is 35.2 Å². The van der Waals surface area contributed by atoms with Crippen molar-refractivity contribution in [2.24, 2.45) is 0 Å². The molecule has 0 saturated carbocycles. The molecule has 6 nitrogen and oxygen atoms in total. The number of hydrogen-bond acceptors (Lipinski definition) is 5. The molecule has 0 aliphatic carbocycles. The molecule has 0 saturated heterocycles. The van der Waals surface area contributed by atoms with E-state index in [1.807, 2.05) is 84.3 Å². The van der Waals surface area contributed by atoms with Crippen LogP contribution in [0.1, 0.15) is 51.8 Å². The van der Waals surface area contributed by atoms with E-state index in [1.54, 1.807) is 13.0 Å². The molecular formula is C32H32N2O4. The van der Waals surface area contributed by atoms with E-state index in [1.165, 1.54) is 7.11 Å². The predicted octanol–water partition coefficient (Wildman–Crippen LogP) is 6.52. The highest BCUT2D eigenvalue weighted by atomic mass is 16.5. The van der Waals surface area contributed by atoms with Crippen molar-refractivity contribution in [1.82, 2.24) is 9.55 Å². The number of benzene rings is 3. The summed E-state index contributed by atoms with van der Waals surface area (Å²) in [6.07, 6.45) is 2.95. The molecule has 0 N–H and O–H groups in total. The van der Waals surface area contributed by atoms with Crippen LogP contribution >= 0.6 is 0 Å². The Balaban J connectivity index is 1.72. The van der Waals surface area contributed by atoms with E-state index in [9.17, 15) is 9.59 Å². The van der Waals surface area contributed by atoms with E-state index in [-0.39, 0.29) is 11.9 Å². The average molecular weight is 509 g/mol. The molecule has 194 valence electrons. The minimum Gasteiger partial charge on any atom is -0.465 e. The Morgan fingerprint density at radius 2 is 1.63 bits per heavy atom. The number of imidazole rings is 1. The number of ether oxygens (including phenoxy) is 2. The smallest absolute Gasteiger partial charge is 0.356 e. The second-order valence-corrected chi connectivity index (χ2v) is 8.79. The first kappa shape index (κ1) is 26.6. The second kappa shape index (κ2) is 12.2. The monoisotopic (exact) mass is 508 g/mol. The van der Waals surface area contributed by atoms with Gasteiger partial charge in [-0.15, -0.1) is 6.58 Å². The molecule has 1 aromatic heterocycles. The van der Waals surface area contributed by atoms with Crippen LogP contribution in [0.2, 0.25) is 0 Å². The van der Waals surface area contributed by atoms with Crippen LogP contribution in [0.15, 0.2) is 85.5 Å². The third-order valence-corrected chi connectivity index (χ3v) is 6.39. The molecule has 0 aliphatic heterocycles. The summed E-state index contributed by atoms with van der Waals surface area (Å²) < 4.78 is 12.3. The molecule has 0 radical (unpaired) electrons. The number of methoxy groups -OCH3 is 1. The van der Waals surface area contributed by atoms with Crippen molar-refractivity contribution in [2.45, 2.75) is 33.2 Å². The van der Waals surface area contributed by atoms with E-state index in [4.69, 9.17) is 14.5 Å². The highest BCUT2D eigenvalue weighted by molar-refractivity contribution is 5.98. The zero-order valence-corrected chi connectivity index (χ0v) is 22.1. The van der Waals surface area contributed by atoms with Crippen molar-refractivity contribution in [2.75, 3.05) is 13.7 Å². The first-order valence-corrected chi connectivity index (χ1v) is 12.7. The van der Waals surface area contributed by atoms with Gasteiger partial charge in [0, 0.05) is 13.0 Å². The molecule has 1 heterocycles. The molecule has 0 atom stereocenters. The van der Waals surface area contributed by atoms with Gasteiger partial charge in [-0.2, -0.15) is 0 Å². The zero-order valence-electron chi connectivity index (χ0n) is 22.1. The van der Waals surface area contributed by atoms with Crippen molar-refractivity contribution in [3.05, 3.63) is 114 Å². The van der Waals surface area contributed by atoms with Crippen LogP contribution in [0.25, 0.3) is 22.3 Å². The van der Waals surface area contributed by atoms with Crippen LogP contribution in [0, 0.1) is 0 Å². The highest BCUT2D eigenvalue weighted by Gasteiger charge is 2.23. The Morgan fingerprint density at radius 3 is 2.26 bits per heavy atom. The van der Waals surface area contributed by atoms with Gasteiger partial charge < -0.3 is 14.0 Å². The van der Waals surface area contributed by atoms with Gasteiger partial charge in [-0.25, -0.2) is 14.6 Å². The SMILES string of the molecule is C=CCc1nc(CC)c(C(=O)OCC)n1Cc1ccc(-c2cc(-c3ccccc3)ccc2C(=O)OC)cc1. The van der Waals surface area contributed by atoms with E-state index >= 15 is 0 Å². The molecule has 0 unspecified atom stereocenters. The quantitative estimate of drug-likeness (QED) is 0.180. The van der Waals surface area contributed by atoms with Crippen molar-refractivity contribution in [1.29, 1.82) is 0 Å². The van der Waals surface area contributed by atoms with Gasteiger partial charge in [-0.1, -0.05) is 73.7 Å². The Morgan fingerprint density at radius 1 is 0.921 bits per heavy atom. The summed E-state index contributed by atoms with van der Waals surface area (Å²) in [4.78, 5) is 30.1. The van der Waals surface area contributed by atoms with Crippen molar-refractivity contribution < 1.29 is 19.1 Å². The first-order valence-electron chi connectivity index (χ1n) is 12.7. The minimum atomic E-state index is -0.387. The fraction of sp³-hybridized carbons (Fsp3) is 0.219. The van der Waals surface area contributed by atoms with Gasteiger partial charge in [0.15, 0.2) is 5.69 Å². The Hall–Kier alpha value is -4.45. The lowest BCUT2D eigenvalue weighted by Gasteiger charge is -2.14. The predicted molar refractivity (Wildman–Crippen MR) is 149 cm³/mol. The van der Waals surface area contributed by atoms with Gasteiger partial charge >= 0.3 is 11.9 Å². The summed E-state index contributed by atoms with van der Waals surface area (Å²) >= 11 is 0. The summed E-state index contributed by atoms with van der Waals surface area (Å²) in [6, 6.07) is 23.8. The van der Waals surface area contributed by atoms with Crippen LogP contribution < -0.4 is 0 Å². The second-order valence-electron chi connectivity index (χ2n) is 8.79.